The first-order valence-electron chi connectivity index (χ1n) is 7.86. The van der Waals surface area contributed by atoms with Crippen LogP contribution in [0.15, 0.2) is 39.2 Å². The van der Waals surface area contributed by atoms with E-state index in [4.69, 9.17) is 0 Å². The number of nitrogens with zero attached hydrogens (tertiary/aromatic N) is 2. The summed E-state index contributed by atoms with van der Waals surface area (Å²) in [7, 11) is -3.46. The monoisotopic (exact) mass is 398 g/mol. The topological polar surface area (TPSA) is 74.8 Å². The third-order valence-electron chi connectivity index (χ3n) is 4.04. The van der Waals surface area contributed by atoms with Crippen LogP contribution in [0, 0.1) is 0 Å². The summed E-state index contributed by atoms with van der Waals surface area (Å²) in [6.07, 6.45) is 0.349. The van der Waals surface area contributed by atoms with Crippen LogP contribution in [-0.2, 0) is 14.8 Å². The van der Waals surface area contributed by atoms with Gasteiger partial charge in [-0.15, -0.1) is 22.7 Å². The van der Waals surface area contributed by atoms with Crippen molar-refractivity contribution < 1.29 is 18.0 Å². The van der Waals surface area contributed by atoms with Gasteiger partial charge in [-0.05, 0) is 22.9 Å². The molecule has 2 aromatic rings. The van der Waals surface area contributed by atoms with E-state index in [1.165, 1.54) is 27.0 Å². The zero-order valence-corrected chi connectivity index (χ0v) is 15.9. The summed E-state index contributed by atoms with van der Waals surface area (Å²) in [4.78, 5) is 26.5. The number of piperazine rings is 1. The first-order valence-corrected chi connectivity index (χ1v) is 11.1. The maximum absolute atomic E-state index is 12.5. The summed E-state index contributed by atoms with van der Waals surface area (Å²) in [5.74, 6) is -0.125. The minimum Gasteiger partial charge on any atom is -0.340 e. The van der Waals surface area contributed by atoms with Crippen LogP contribution in [-0.4, -0.2) is 55.5 Å². The van der Waals surface area contributed by atoms with E-state index in [0.29, 0.717) is 22.2 Å². The second-order valence-corrected chi connectivity index (χ2v) is 9.68. The van der Waals surface area contributed by atoms with Gasteiger partial charge >= 0.3 is 0 Å². The highest BCUT2D eigenvalue weighted by molar-refractivity contribution is 7.91. The van der Waals surface area contributed by atoms with Crippen molar-refractivity contribution >= 4 is 44.4 Å². The quantitative estimate of drug-likeness (QED) is 0.700. The number of thiophene rings is 2. The second kappa shape index (κ2) is 7.77. The van der Waals surface area contributed by atoms with Gasteiger partial charge in [0.15, 0.2) is 5.78 Å². The van der Waals surface area contributed by atoms with Gasteiger partial charge in [0.25, 0.3) is 10.0 Å². The van der Waals surface area contributed by atoms with Gasteiger partial charge in [-0.3, -0.25) is 9.59 Å². The molecule has 3 rings (SSSR count). The van der Waals surface area contributed by atoms with Crippen LogP contribution in [0.25, 0.3) is 0 Å². The van der Waals surface area contributed by atoms with E-state index in [1.807, 2.05) is 11.4 Å². The summed E-state index contributed by atoms with van der Waals surface area (Å²) in [5, 5.41) is 3.57. The van der Waals surface area contributed by atoms with Crippen molar-refractivity contribution in [2.75, 3.05) is 26.2 Å². The third kappa shape index (κ3) is 4.17. The highest BCUT2D eigenvalue weighted by atomic mass is 32.2. The van der Waals surface area contributed by atoms with Crippen LogP contribution < -0.4 is 0 Å². The highest BCUT2D eigenvalue weighted by Gasteiger charge is 2.30. The van der Waals surface area contributed by atoms with Gasteiger partial charge in [0, 0.05) is 39.0 Å². The van der Waals surface area contributed by atoms with Crippen LogP contribution in [0.3, 0.4) is 0 Å². The number of hydrogen-bond donors (Lipinski definition) is 0. The molecule has 0 radical (unpaired) electrons. The van der Waals surface area contributed by atoms with Crippen molar-refractivity contribution in [1.82, 2.24) is 9.21 Å². The average Bonchev–Trinajstić information content (AvgIpc) is 3.33. The number of carbonyl (C=O) groups is 2. The molecular weight excluding hydrogens is 380 g/mol. The van der Waals surface area contributed by atoms with E-state index in [2.05, 4.69) is 0 Å². The molecule has 0 bridgehead atoms. The second-order valence-electron chi connectivity index (χ2n) is 5.62. The highest BCUT2D eigenvalue weighted by Crippen LogP contribution is 2.22. The summed E-state index contributed by atoms with van der Waals surface area (Å²) in [6, 6.07) is 6.87. The van der Waals surface area contributed by atoms with Crippen molar-refractivity contribution in [2.24, 2.45) is 0 Å². The van der Waals surface area contributed by atoms with Crippen molar-refractivity contribution in [3.63, 3.8) is 0 Å². The van der Waals surface area contributed by atoms with Gasteiger partial charge in [0.2, 0.25) is 5.91 Å². The first kappa shape index (κ1) is 18.2. The zero-order valence-electron chi connectivity index (χ0n) is 13.5. The van der Waals surface area contributed by atoms with E-state index in [1.54, 1.807) is 28.5 Å². The van der Waals surface area contributed by atoms with E-state index in [0.717, 1.165) is 0 Å². The fraction of sp³-hybridized carbons (Fsp3) is 0.375. The van der Waals surface area contributed by atoms with Crippen LogP contribution in [0.4, 0.5) is 0 Å². The Morgan fingerprint density at radius 2 is 1.64 bits per heavy atom. The molecule has 2 aromatic heterocycles. The molecule has 3 heterocycles. The van der Waals surface area contributed by atoms with Crippen molar-refractivity contribution in [3.05, 3.63) is 39.9 Å². The molecule has 1 saturated heterocycles. The minimum absolute atomic E-state index is 0.0257. The molecule has 0 N–H and O–H groups in total. The molecule has 1 aliphatic heterocycles. The van der Waals surface area contributed by atoms with Crippen LogP contribution in [0.5, 0.6) is 0 Å². The van der Waals surface area contributed by atoms with E-state index in [-0.39, 0.29) is 37.6 Å². The molecule has 1 aliphatic rings. The summed E-state index contributed by atoms with van der Waals surface area (Å²) in [5.41, 5.74) is 0. The SMILES string of the molecule is O=C(CCC(=O)N1CCN(S(=O)(=O)c2cccs2)CC1)c1cccs1. The smallest absolute Gasteiger partial charge is 0.252 e. The molecule has 0 spiro atoms. The van der Waals surface area contributed by atoms with Gasteiger partial charge in [-0.2, -0.15) is 4.31 Å². The Labute approximate surface area is 154 Å². The van der Waals surface area contributed by atoms with E-state index < -0.39 is 10.0 Å². The molecule has 1 amide bonds. The third-order valence-corrected chi connectivity index (χ3v) is 8.23. The molecule has 0 unspecified atom stereocenters. The van der Waals surface area contributed by atoms with Crippen LogP contribution >= 0.6 is 22.7 Å². The normalized spacial score (nSPS) is 16.1. The molecule has 0 atom stereocenters. The maximum Gasteiger partial charge on any atom is 0.252 e. The molecule has 134 valence electrons. The van der Waals surface area contributed by atoms with E-state index in [9.17, 15) is 18.0 Å². The van der Waals surface area contributed by atoms with Gasteiger partial charge in [0.05, 0.1) is 4.88 Å². The van der Waals surface area contributed by atoms with Gasteiger partial charge in [-0.25, -0.2) is 8.42 Å². The lowest BCUT2D eigenvalue weighted by Gasteiger charge is -2.33. The lowest BCUT2D eigenvalue weighted by molar-refractivity contribution is -0.132. The lowest BCUT2D eigenvalue weighted by Crippen LogP contribution is -2.50. The van der Waals surface area contributed by atoms with Gasteiger partial charge in [-0.1, -0.05) is 12.1 Å². The molecule has 9 heteroatoms. The maximum atomic E-state index is 12.5. The fourth-order valence-corrected chi connectivity index (χ4v) is 5.92. The Kier molecular flexibility index (Phi) is 5.67. The standard InChI is InChI=1S/C16H18N2O4S3/c19-13(14-3-1-11-23-14)5-6-15(20)17-7-9-18(10-8-17)25(21,22)16-4-2-12-24-16/h1-4,11-12H,5-10H2. The predicted molar refractivity (Wildman–Crippen MR) is 97.5 cm³/mol. The number of rotatable bonds is 6. The number of carbonyl (C=O) groups excluding carboxylic acids is 2. The Morgan fingerprint density at radius 1 is 0.960 bits per heavy atom. The predicted octanol–water partition coefficient (Wildman–Crippen LogP) is 2.31. The summed E-state index contributed by atoms with van der Waals surface area (Å²) in [6.45, 7) is 1.28. The Morgan fingerprint density at radius 3 is 2.24 bits per heavy atom. The number of sulfonamides is 1. The Bertz CT molecular complexity index is 821. The molecule has 25 heavy (non-hydrogen) atoms. The number of hydrogen-bond acceptors (Lipinski definition) is 6. The van der Waals surface area contributed by atoms with E-state index >= 15 is 0 Å². The minimum atomic E-state index is -3.46. The molecular formula is C16H18N2O4S3. The number of ketones is 1. The molecule has 0 saturated carbocycles. The number of amides is 1. The zero-order chi connectivity index (χ0) is 17.9. The average molecular weight is 399 g/mol. The van der Waals surface area contributed by atoms with Crippen molar-refractivity contribution in [1.29, 1.82) is 0 Å². The molecule has 0 aromatic carbocycles. The lowest BCUT2D eigenvalue weighted by atomic mass is 10.1. The Hall–Kier alpha value is -1.55. The van der Waals surface area contributed by atoms with Crippen molar-refractivity contribution in [2.45, 2.75) is 17.1 Å². The first-order chi connectivity index (χ1) is 12.0. The van der Waals surface area contributed by atoms with Crippen LogP contribution in [0.2, 0.25) is 0 Å². The molecule has 0 aliphatic carbocycles. The molecule has 1 fully saturated rings. The van der Waals surface area contributed by atoms with Gasteiger partial charge in [0.1, 0.15) is 4.21 Å². The summed E-state index contributed by atoms with van der Waals surface area (Å²) < 4.78 is 26.7. The largest absolute Gasteiger partial charge is 0.340 e. The summed E-state index contributed by atoms with van der Waals surface area (Å²) >= 11 is 2.57. The fourth-order valence-electron chi connectivity index (χ4n) is 2.65. The molecule has 6 nitrogen and oxygen atoms in total. The number of Topliss-reactive ketones (excluding diaryl/α,β-unsaturated/α-hetero) is 1. The Balaban J connectivity index is 1.50. The van der Waals surface area contributed by atoms with Gasteiger partial charge < -0.3 is 4.90 Å². The van der Waals surface area contributed by atoms with Crippen molar-refractivity contribution in [3.8, 4) is 0 Å². The van der Waals surface area contributed by atoms with Crippen LogP contribution in [0.1, 0.15) is 22.5 Å².